The van der Waals surface area contributed by atoms with Gasteiger partial charge in [-0.05, 0) is 37.7 Å². The van der Waals surface area contributed by atoms with E-state index in [-0.39, 0.29) is 11.5 Å². The average Bonchev–Trinajstić information content (AvgIpc) is 3.02. The highest BCUT2D eigenvalue weighted by Crippen LogP contribution is 2.46. The number of carboxylic acid groups (broad SMARTS) is 1. The van der Waals surface area contributed by atoms with Crippen LogP contribution in [0.15, 0.2) is 36.5 Å². The zero-order valence-corrected chi connectivity index (χ0v) is 14.5. The summed E-state index contributed by atoms with van der Waals surface area (Å²) in [4.78, 5) is 19.6. The zero-order valence-electron chi connectivity index (χ0n) is 13.6. The Morgan fingerprint density at radius 1 is 1.29 bits per heavy atom. The van der Waals surface area contributed by atoms with Gasteiger partial charge in [0.2, 0.25) is 0 Å². The van der Waals surface area contributed by atoms with Gasteiger partial charge in [-0.25, -0.2) is 4.98 Å². The third kappa shape index (κ3) is 2.87. The predicted octanol–water partition coefficient (Wildman–Crippen LogP) is 4.03. The van der Waals surface area contributed by atoms with Crippen LogP contribution in [0.25, 0.3) is 10.4 Å². The minimum Gasteiger partial charge on any atom is -0.481 e. The molecule has 1 aromatic carbocycles. The first-order valence-electron chi connectivity index (χ1n) is 8.64. The van der Waals surface area contributed by atoms with Gasteiger partial charge in [0.05, 0.1) is 17.3 Å². The fraction of sp³-hybridized carbons (Fsp3) is 0.474. The molecule has 5 heteroatoms. The Hall–Kier alpha value is -1.72. The number of nitrogens with zero attached hydrogens (tertiary/aromatic N) is 2. The summed E-state index contributed by atoms with van der Waals surface area (Å²) in [5, 5.41) is 10.5. The van der Waals surface area contributed by atoms with Gasteiger partial charge in [-0.15, -0.1) is 11.3 Å². The first-order valence-corrected chi connectivity index (χ1v) is 9.46. The summed E-state index contributed by atoms with van der Waals surface area (Å²) in [6, 6.07) is 10.3. The first-order chi connectivity index (χ1) is 11.7. The van der Waals surface area contributed by atoms with E-state index in [1.54, 1.807) is 11.3 Å². The molecular weight excluding hydrogens is 320 g/mol. The number of hydrogen-bond donors (Lipinski definition) is 1. The van der Waals surface area contributed by atoms with E-state index in [2.05, 4.69) is 22.0 Å². The smallest absolute Gasteiger partial charge is 0.307 e. The topological polar surface area (TPSA) is 53.4 Å². The fourth-order valence-corrected chi connectivity index (χ4v) is 4.96. The number of benzene rings is 1. The highest BCUT2D eigenvalue weighted by atomic mass is 32.1. The van der Waals surface area contributed by atoms with Gasteiger partial charge in [0, 0.05) is 18.3 Å². The zero-order chi connectivity index (χ0) is 16.6. The Balaban J connectivity index is 1.52. The number of carbonyl (C=O) groups is 1. The van der Waals surface area contributed by atoms with E-state index in [4.69, 9.17) is 0 Å². The second-order valence-electron chi connectivity index (χ2n) is 7.02. The van der Waals surface area contributed by atoms with Crippen molar-refractivity contribution in [3.63, 3.8) is 0 Å². The molecule has 1 saturated carbocycles. The van der Waals surface area contributed by atoms with E-state index < -0.39 is 5.97 Å². The van der Waals surface area contributed by atoms with E-state index in [0.29, 0.717) is 6.54 Å². The molecule has 2 aliphatic rings. The van der Waals surface area contributed by atoms with E-state index in [1.165, 1.54) is 29.7 Å². The van der Waals surface area contributed by atoms with Gasteiger partial charge in [0.1, 0.15) is 5.01 Å². The lowest BCUT2D eigenvalue weighted by atomic mass is 9.68. The molecule has 2 fully saturated rings. The van der Waals surface area contributed by atoms with E-state index in [9.17, 15) is 9.90 Å². The minimum atomic E-state index is -0.654. The highest BCUT2D eigenvalue weighted by Gasteiger charge is 2.47. The van der Waals surface area contributed by atoms with Crippen LogP contribution in [0.3, 0.4) is 0 Å². The molecule has 4 nitrogen and oxygen atoms in total. The summed E-state index contributed by atoms with van der Waals surface area (Å²) in [6.07, 6.45) is 7.45. The van der Waals surface area contributed by atoms with Crippen LogP contribution in [0.2, 0.25) is 0 Å². The van der Waals surface area contributed by atoms with Gasteiger partial charge in [-0.3, -0.25) is 9.69 Å². The van der Waals surface area contributed by atoms with Crippen LogP contribution >= 0.6 is 11.3 Å². The normalized spacial score (nSPS) is 23.1. The van der Waals surface area contributed by atoms with Crippen molar-refractivity contribution in [2.24, 2.45) is 5.92 Å². The SMILES string of the molecule is O=C(O)C1CCC2(CCC2)N(Cc2ncc(-c3ccccc3)s2)C1. The Morgan fingerprint density at radius 2 is 2.08 bits per heavy atom. The maximum atomic E-state index is 11.4. The average molecular weight is 342 g/mol. The van der Waals surface area contributed by atoms with Crippen LogP contribution in [-0.2, 0) is 11.3 Å². The lowest BCUT2D eigenvalue weighted by Crippen LogP contribution is -2.58. The summed E-state index contributed by atoms with van der Waals surface area (Å²) < 4.78 is 0. The number of piperidine rings is 1. The van der Waals surface area contributed by atoms with Crippen LogP contribution < -0.4 is 0 Å². The molecule has 2 heterocycles. The molecule has 1 aliphatic carbocycles. The van der Waals surface area contributed by atoms with Gasteiger partial charge in [-0.2, -0.15) is 0 Å². The first kappa shape index (κ1) is 15.8. The Kier molecular flexibility index (Phi) is 4.14. The quantitative estimate of drug-likeness (QED) is 0.911. The van der Waals surface area contributed by atoms with Gasteiger partial charge >= 0.3 is 5.97 Å². The molecule has 1 aromatic heterocycles. The van der Waals surface area contributed by atoms with Crippen molar-refractivity contribution in [2.75, 3.05) is 6.54 Å². The Labute approximate surface area is 146 Å². The van der Waals surface area contributed by atoms with E-state index >= 15 is 0 Å². The maximum Gasteiger partial charge on any atom is 0.307 e. The van der Waals surface area contributed by atoms with Crippen LogP contribution in [0, 0.1) is 5.92 Å². The summed E-state index contributed by atoms with van der Waals surface area (Å²) >= 11 is 1.72. The van der Waals surface area contributed by atoms with Crippen LogP contribution in [0.1, 0.15) is 37.1 Å². The van der Waals surface area contributed by atoms with Crippen molar-refractivity contribution in [2.45, 2.75) is 44.2 Å². The van der Waals surface area contributed by atoms with Gasteiger partial charge < -0.3 is 5.11 Å². The number of rotatable bonds is 4. The van der Waals surface area contributed by atoms with Crippen LogP contribution in [-0.4, -0.2) is 33.0 Å². The van der Waals surface area contributed by atoms with Crippen molar-refractivity contribution < 1.29 is 9.90 Å². The van der Waals surface area contributed by atoms with Crippen molar-refractivity contribution in [3.8, 4) is 10.4 Å². The minimum absolute atomic E-state index is 0.232. The van der Waals surface area contributed by atoms with Crippen molar-refractivity contribution in [1.29, 1.82) is 0 Å². The van der Waals surface area contributed by atoms with Crippen molar-refractivity contribution in [3.05, 3.63) is 41.5 Å². The predicted molar refractivity (Wildman–Crippen MR) is 94.9 cm³/mol. The molecule has 1 N–H and O–H groups in total. The second kappa shape index (κ2) is 6.30. The van der Waals surface area contributed by atoms with E-state index in [0.717, 1.165) is 24.4 Å². The van der Waals surface area contributed by atoms with Crippen LogP contribution in [0.5, 0.6) is 0 Å². The maximum absolute atomic E-state index is 11.4. The molecule has 1 spiro atoms. The number of thiazole rings is 1. The number of carboxylic acids is 1. The molecule has 0 radical (unpaired) electrons. The summed E-state index contributed by atoms with van der Waals surface area (Å²) in [7, 11) is 0. The van der Waals surface area contributed by atoms with Crippen molar-refractivity contribution in [1.82, 2.24) is 9.88 Å². The van der Waals surface area contributed by atoms with Gasteiger partial charge in [-0.1, -0.05) is 30.3 Å². The molecule has 4 rings (SSSR count). The highest BCUT2D eigenvalue weighted by molar-refractivity contribution is 7.15. The summed E-state index contributed by atoms with van der Waals surface area (Å²) in [5.74, 6) is -0.886. The molecule has 1 saturated heterocycles. The van der Waals surface area contributed by atoms with Gasteiger partial charge in [0.15, 0.2) is 0 Å². The third-order valence-electron chi connectivity index (χ3n) is 5.64. The summed E-state index contributed by atoms with van der Waals surface area (Å²) in [5.41, 5.74) is 1.44. The number of hydrogen-bond acceptors (Lipinski definition) is 4. The van der Waals surface area contributed by atoms with Gasteiger partial charge in [0.25, 0.3) is 0 Å². The molecule has 24 heavy (non-hydrogen) atoms. The molecule has 1 atom stereocenters. The monoisotopic (exact) mass is 342 g/mol. The molecule has 1 aliphatic heterocycles. The second-order valence-corrected chi connectivity index (χ2v) is 8.13. The lowest BCUT2D eigenvalue weighted by Gasteiger charge is -2.54. The molecule has 126 valence electrons. The standard InChI is InChI=1S/C19H22N2O2S/c22-18(23)15-7-10-19(8-4-9-19)21(12-15)13-17-20-11-16(24-17)14-5-2-1-3-6-14/h1-3,5-6,11,15H,4,7-10,12-13H2,(H,22,23). The Morgan fingerprint density at radius 3 is 2.75 bits per heavy atom. The molecule has 1 unspecified atom stereocenters. The molecule has 0 bridgehead atoms. The third-order valence-corrected chi connectivity index (χ3v) is 6.67. The van der Waals surface area contributed by atoms with Crippen molar-refractivity contribution >= 4 is 17.3 Å². The van der Waals surface area contributed by atoms with Crippen LogP contribution in [0.4, 0.5) is 0 Å². The molecule has 0 amide bonds. The largest absolute Gasteiger partial charge is 0.481 e. The fourth-order valence-electron chi connectivity index (χ4n) is 4.02. The number of aromatic nitrogens is 1. The molecule has 2 aromatic rings. The Bertz CT molecular complexity index is 724. The lowest BCUT2D eigenvalue weighted by molar-refractivity contribution is -0.147. The number of likely N-dealkylation sites (tertiary alicyclic amines) is 1. The molecular formula is C19H22N2O2S. The van der Waals surface area contributed by atoms with E-state index in [1.807, 2.05) is 24.4 Å². The number of aliphatic carboxylic acids is 1. The summed E-state index contributed by atoms with van der Waals surface area (Å²) in [6.45, 7) is 1.44.